The Balaban J connectivity index is 2.62. The first kappa shape index (κ1) is 15.4. The van der Waals surface area contributed by atoms with E-state index in [0.29, 0.717) is 6.54 Å². The third-order valence-electron chi connectivity index (χ3n) is 2.41. The fourth-order valence-electron chi connectivity index (χ4n) is 1.44. The minimum Gasteiger partial charge on any atom is -0.364 e. The second-order valence-electron chi connectivity index (χ2n) is 3.99. The molecule has 0 aliphatic rings. The van der Waals surface area contributed by atoms with Crippen molar-refractivity contribution in [2.75, 3.05) is 18.4 Å². The molecule has 8 nitrogen and oxygen atoms in total. The maximum Gasteiger partial charge on any atom is 0.312 e. The molecule has 8 heteroatoms. The number of nitriles is 1. The van der Waals surface area contributed by atoms with E-state index < -0.39 is 4.92 Å². The maximum atomic E-state index is 11.4. The van der Waals surface area contributed by atoms with Crippen LogP contribution in [0.25, 0.3) is 0 Å². The van der Waals surface area contributed by atoms with E-state index >= 15 is 0 Å². The largest absolute Gasteiger partial charge is 0.364 e. The minimum absolute atomic E-state index is 0.0530. The molecule has 2 N–H and O–H groups in total. The summed E-state index contributed by atoms with van der Waals surface area (Å²) >= 11 is 0. The highest BCUT2D eigenvalue weighted by atomic mass is 16.6. The van der Waals surface area contributed by atoms with E-state index in [4.69, 9.17) is 5.26 Å². The molecule has 106 valence electrons. The second-order valence-corrected chi connectivity index (χ2v) is 3.99. The third-order valence-corrected chi connectivity index (χ3v) is 2.41. The van der Waals surface area contributed by atoms with Gasteiger partial charge in [0.25, 0.3) is 0 Å². The number of carbonyl (C=O) groups is 1. The average Bonchev–Trinajstić information content (AvgIpc) is 2.45. The molecule has 0 fully saturated rings. The first-order valence-corrected chi connectivity index (χ1v) is 6.13. The van der Waals surface area contributed by atoms with Gasteiger partial charge in [-0.15, -0.1) is 0 Å². The van der Waals surface area contributed by atoms with Crippen LogP contribution in [0.1, 0.15) is 25.3 Å². The molecule has 1 amide bonds. The lowest BCUT2D eigenvalue weighted by Gasteiger charge is -2.06. The Hall–Kier alpha value is -2.69. The smallest absolute Gasteiger partial charge is 0.312 e. The van der Waals surface area contributed by atoms with E-state index in [0.717, 1.165) is 12.5 Å². The predicted octanol–water partition coefficient (Wildman–Crippen LogP) is 1.19. The number of hydrogen-bond acceptors (Lipinski definition) is 6. The summed E-state index contributed by atoms with van der Waals surface area (Å²) in [6.07, 6.45) is 2.28. The summed E-state index contributed by atoms with van der Waals surface area (Å²) in [4.78, 5) is 25.4. The molecule has 1 aromatic heterocycles. The van der Waals surface area contributed by atoms with Gasteiger partial charge in [0, 0.05) is 31.8 Å². The van der Waals surface area contributed by atoms with Gasteiger partial charge in [-0.05, 0) is 6.42 Å². The quantitative estimate of drug-likeness (QED) is 0.570. The highest BCUT2D eigenvalue weighted by Gasteiger charge is 2.16. The fraction of sp³-hybridized carbons (Fsp3) is 0.417. The van der Waals surface area contributed by atoms with E-state index in [1.54, 1.807) is 6.07 Å². The van der Waals surface area contributed by atoms with Crippen molar-refractivity contribution in [1.82, 2.24) is 10.3 Å². The summed E-state index contributed by atoms with van der Waals surface area (Å²) in [5.74, 6) is -0.0760. The summed E-state index contributed by atoms with van der Waals surface area (Å²) in [6, 6.07) is 2.93. The van der Waals surface area contributed by atoms with Crippen LogP contribution in [0, 0.1) is 21.4 Å². The molecule has 20 heavy (non-hydrogen) atoms. The molecule has 0 bridgehead atoms. The van der Waals surface area contributed by atoms with Gasteiger partial charge in [0.2, 0.25) is 11.7 Å². The van der Waals surface area contributed by atoms with Crippen LogP contribution in [0.2, 0.25) is 0 Å². The number of carbonyl (C=O) groups excluding carboxylic acids is 1. The lowest BCUT2D eigenvalue weighted by atomic mass is 10.2. The summed E-state index contributed by atoms with van der Waals surface area (Å²) in [5, 5.41) is 25.0. The van der Waals surface area contributed by atoms with Crippen LogP contribution in [-0.2, 0) is 4.79 Å². The van der Waals surface area contributed by atoms with Crippen molar-refractivity contribution >= 4 is 17.4 Å². The van der Waals surface area contributed by atoms with Gasteiger partial charge in [0.1, 0.15) is 6.07 Å². The number of nitrogens with one attached hydrogen (secondary N) is 2. The van der Waals surface area contributed by atoms with Gasteiger partial charge < -0.3 is 10.6 Å². The molecule has 1 aromatic rings. The average molecular weight is 277 g/mol. The number of rotatable bonds is 7. The van der Waals surface area contributed by atoms with E-state index in [-0.39, 0.29) is 35.9 Å². The fourth-order valence-corrected chi connectivity index (χ4v) is 1.44. The van der Waals surface area contributed by atoms with Gasteiger partial charge in [0.05, 0.1) is 10.5 Å². The van der Waals surface area contributed by atoms with Gasteiger partial charge >= 0.3 is 5.69 Å². The normalized spacial score (nSPS) is 9.60. The van der Waals surface area contributed by atoms with Gasteiger partial charge in [-0.25, -0.2) is 4.98 Å². The number of pyridine rings is 1. The van der Waals surface area contributed by atoms with Crippen LogP contribution >= 0.6 is 0 Å². The Morgan fingerprint density at radius 2 is 2.30 bits per heavy atom. The molecule has 1 rings (SSSR count). The van der Waals surface area contributed by atoms with Crippen molar-refractivity contribution in [2.45, 2.75) is 19.8 Å². The molecule has 0 spiro atoms. The van der Waals surface area contributed by atoms with Crippen molar-refractivity contribution in [3.63, 3.8) is 0 Å². The van der Waals surface area contributed by atoms with Crippen LogP contribution < -0.4 is 10.6 Å². The molecule has 0 radical (unpaired) electrons. The third kappa shape index (κ3) is 4.53. The van der Waals surface area contributed by atoms with Crippen molar-refractivity contribution in [3.8, 4) is 6.07 Å². The summed E-state index contributed by atoms with van der Waals surface area (Å²) in [6.45, 7) is 2.78. The molecule has 0 aliphatic heterocycles. The number of nitrogens with zero attached hydrogens (tertiary/aromatic N) is 3. The van der Waals surface area contributed by atoms with Crippen molar-refractivity contribution in [3.05, 3.63) is 27.9 Å². The predicted molar refractivity (Wildman–Crippen MR) is 72.0 cm³/mol. The van der Waals surface area contributed by atoms with E-state index in [1.165, 1.54) is 6.20 Å². The van der Waals surface area contributed by atoms with E-state index in [9.17, 15) is 14.9 Å². The van der Waals surface area contributed by atoms with Gasteiger partial charge in [0.15, 0.2) is 0 Å². The highest BCUT2D eigenvalue weighted by molar-refractivity contribution is 5.76. The van der Waals surface area contributed by atoms with Gasteiger partial charge in [-0.1, -0.05) is 6.92 Å². The van der Waals surface area contributed by atoms with Crippen LogP contribution in [-0.4, -0.2) is 28.9 Å². The monoisotopic (exact) mass is 277 g/mol. The Morgan fingerprint density at radius 3 is 2.90 bits per heavy atom. The zero-order valence-corrected chi connectivity index (χ0v) is 11.0. The Kier molecular flexibility index (Phi) is 5.90. The first-order valence-electron chi connectivity index (χ1n) is 6.13. The van der Waals surface area contributed by atoms with Crippen LogP contribution in [0.15, 0.2) is 12.3 Å². The number of hydrogen-bond donors (Lipinski definition) is 2. The number of nitro groups is 1. The SMILES string of the molecule is CCCNC(=O)CCNc1ncc(C#N)cc1[N+](=O)[O-]. The molecular weight excluding hydrogens is 262 g/mol. The summed E-state index contributed by atoms with van der Waals surface area (Å²) in [7, 11) is 0. The van der Waals surface area contributed by atoms with Crippen LogP contribution in [0.3, 0.4) is 0 Å². The first-order chi connectivity index (χ1) is 9.58. The molecule has 0 saturated carbocycles. The second kappa shape index (κ2) is 7.68. The Labute approximate surface area is 116 Å². The lowest BCUT2D eigenvalue weighted by molar-refractivity contribution is -0.384. The molecule has 0 unspecified atom stereocenters. The molecule has 1 heterocycles. The minimum atomic E-state index is -0.618. The summed E-state index contributed by atoms with van der Waals surface area (Å²) in [5.41, 5.74) is -0.166. The van der Waals surface area contributed by atoms with E-state index in [2.05, 4.69) is 15.6 Å². The van der Waals surface area contributed by atoms with Crippen molar-refractivity contribution < 1.29 is 9.72 Å². The van der Waals surface area contributed by atoms with Crippen LogP contribution in [0.5, 0.6) is 0 Å². The van der Waals surface area contributed by atoms with Gasteiger partial charge in [-0.2, -0.15) is 5.26 Å². The van der Waals surface area contributed by atoms with E-state index in [1.807, 2.05) is 6.92 Å². The zero-order chi connectivity index (χ0) is 15.0. The molecule has 0 atom stereocenters. The molecular formula is C12H15N5O3. The number of aromatic nitrogens is 1. The zero-order valence-electron chi connectivity index (χ0n) is 11.0. The Bertz CT molecular complexity index is 538. The van der Waals surface area contributed by atoms with Gasteiger partial charge in [-0.3, -0.25) is 14.9 Å². The maximum absolute atomic E-state index is 11.4. The summed E-state index contributed by atoms with van der Waals surface area (Å²) < 4.78 is 0. The molecule has 0 aliphatic carbocycles. The standard InChI is InChI=1S/C12H15N5O3/c1-2-4-14-11(18)3-5-15-12-10(17(19)20)6-9(7-13)8-16-12/h6,8H,2-5H2,1H3,(H,14,18)(H,15,16). The number of anilines is 1. The topological polar surface area (TPSA) is 121 Å². The van der Waals surface area contributed by atoms with Crippen molar-refractivity contribution in [1.29, 1.82) is 5.26 Å². The highest BCUT2D eigenvalue weighted by Crippen LogP contribution is 2.22. The Morgan fingerprint density at radius 1 is 1.55 bits per heavy atom. The lowest BCUT2D eigenvalue weighted by Crippen LogP contribution is -2.26. The number of amides is 1. The van der Waals surface area contributed by atoms with Crippen LogP contribution in [0.4, 0.5) is 11.5 Å². The van der Waals surface area contributed by atoms with Crippen molar-refractivity contribution in [2.24, 2.45) is 0 Å². The molecule has 0 saturated heterocycles. The molecule has 0 aromatic carbocycles.